The van der Waals surface area contributed by atoms with Gasteiger partial charge in [-0.25, -0.2) is 9.59 Å². The summed E-state index contributed by atoms with van der Waals surface area (Å²) in [5.41, 5.74) is -0.579. The van der Waals surface area contributed by atoms with Crippen molar-refractivity contribution in [3.05, 3.63) is 0 Å². The minimum absolute atomic E-state index is 0.125. The molecule has 1 saturated heterocycles. The first kappa shape index (κ1) is 12.2. The van der Waals surface area contributed by atoms with Gasteiger partial charge in [-0.1, -0.05) is 0 Å². The number of hydrogen-bond acceptors (Lipinski definition) is 3. The summed E-state index contributed by atoms with van der Waals surface area (Å²) in [6.45, 7) is 5.85. The van der Waals surface area contributed by atoms with Gasteiger partial charge in [-0.15, -0.1) is 0 Å². The van der Waals surface area contributed by atoms with Crippen molar-refractivity contribution < 1.29 is 19.4 Å². The van der Waals surface area contributed by atoms with Crippen LogP contribution in [-0.4, -0.2) is 40.3 Å². The van der Waals surface area contributed by atoms with Crippen LogP contribution in [0.1, 0.15) is 33.6 Å². The Morgan fingerprint density at radius 2 is 1.88 bits per heavy atom. The number of hydrogen-bond donors (Lipinski definition) is 1. The SMILES string of the molecule is CC(C)(C)OC(=O)N1C[C@@H](C2CC2)[C@H]1C(=O)O. The highest BCUT2D eigenvalue weighted by Crippen LogP contribution is 2.45. The van der Waals surface area contributed by atoms with Crippen LogP contribution < -0.4 is 0 Å². The van der Waals surface area contributed by atoms with Gasteiger partial charge >= 0.3 is 12.1 Å². The molecule has 0 aromatic rings. The first-order valence-corrected chi connectivity index (χ1v) is 6.02. The zero-order valence-corrected chi connectivity index (χ0v) is 10.5. The van der Waals surface area contributed by atoms with Crippen LogP contribution in [0.4, 0.5) is 4.79 Å². The van der Waals surface area contributed by atoms with E-state index in [1.807, 2.05) is 0 Å². The molecule has 2 aliphatic rings. The molecule has 5 nitrogen and oxygen atoms in total. The van der Waals surface area contributed by atoms with Gasteiger partial charge in [0.15, 0.2) is 0 Å². The van der Waals surface area contributed by atoms with E-state index in [4.69, 9.17) is 9.84 Å². The van der Waals surface area contributed by atoms with Gasteiger partial charge in [-0.05, 0) is 39.5 Å². The van der Waals surface area contributed by atoms with Crippen LogP contribution >= 0.6 is 0 Å². The van der Waals surface area contributed by atoms with E-state index in [9.17, 15) is 9.59 Å². The van der Waals surface area contributed by atoms with Crippen molar-refractivity contribution >= 4 is 12.1 Å². The first-order chi connectivity index (χ1) is 7.79. The summed E-state index contributed by atoms with van der Waals surface area (Å²) in [5.74, 6) is -0.297. The van der Waals surface area contributed by atoms with Crippen LogP contribution in [0.3, 0.4) is 0 Å². The second-order valence-electron chi connectivity index (χ2n) is 5.92. The number of carbonyl (C=O) groups excluding carboxylic acids is 1. The van der Waals surface area contributed by atoms with Gasteiger partial charge in [0.1, 0.15) is 11.6 Å². The maximum absolute atomic E-state index is 11.8. The van der Waals surface area contributed by atoms with Gasteiger partial charge in [0.2, 0.25) is 0 Å². The summed E-state index contributed by atoms with van der Waals surface area (Å²) < 4.78 is 5.19. The summed E-state index contributed by atoms with van der Waals surface area (Å²) in [7, 11) is 0. The van der Waals surface area contributed by atoms with Crippen LogP contribution in [0.5, 0.6) is 0 Å². The normalized spacial score (nSPS) is 28.5. The monoisotopic (exact) mass is 241 g/mol. The average molecular weight is 241 g/mol. The highest BCUT2D eigenvalue weighted by atomic mass is 16.6. The predicted octanol–water partition coefficient (Wildman–Crippen LogP) is 1.72. The molecule has 1 amide bonds. The summed E-state index contributed by atoms with van der Waals surface area (Å²) in [6.07, 6.45) is 1.68. The van der Waals surface area contributed by atoms with Crippen LogP contribution in [0, 0.1) is 11.8 Å². The maximum Gasteiger partial charge on any atom is 0.411 e. The zero-order valence-electron chi connectivity index (χ0n) is 10.5. The van der Waals surface area contributed by atoms with E-state index >= 15 is 0 Å². The Morgan fingerprint density at radius 3 is 2.29 bits per heavy atom. The lowest BCUT2D eigenvalue weighted by Gasteiger charge is -2.45. The molecule has 0 unspecified atom stereocenters. The van der Waals surface area contributed by atoms with Crippen molar-refractivity contribution in [2.45, 2.75) is 45.3 Å². The molecule has 2 fully saturated rings. The molecule has 1 aliphatic heterocycles. The standard InChI is InChI=1S/C12H19NO4/c1-12(2,3)17-11(16)13-6-8(7-4-5-7)9(13)10(14)15/h7-9H,4-6H2,1-3H3,(H,14,15)/t8-,9-/m0/s1. The summed E-state index contributed by atoms with van der Waals surface area (Å²) >= 11 is 0. The molecule has 17 heavy (non-hydrogen) atoms. The summed E-state index contributed by atoms with van der Waals surface area (Å²) in [4.78, 5) is 24.3. The van der Waals surface area contributed by atoms with Gasteiger partial charge in [-0.2, -0.15) is 0 Å². The molecule has 0 spiro atoms. The number of carboxylic acids is 1. The quantitative estimate of drug-likeness (QED) is 0.799. The minimum Gasteiger partial charge on any atom is -0.480 e. The maximum atomic E-state index is 11.8. The molecular weight excluding hydrogens is 222 g/mol. The molecule has 1 aliphatic carbocycles. The topological polar surface area (TPSA) is 66.8 Å². The molecule has 1 saturated carbocycles. The lowest BCUT2D eigenvalue weighted by atomic mass is 9.85. The molecule has 2 atom stereocenters. The Kier molecular flexibility index (Phi) is 2.79. The molecule has 2 rings (SSSR count). The van der Waals surface area contributed by atoms with E-state index < -0.39 is 23.7 Å². The van der Waals surface area contributed by atoms with Gasteiger partial charge in [0.05, 0.1) is 0 Å². The highest BCUT2D eigenvalue weighted by Gasteiger charge is 2.53. The van der Waals surface area contributed by atoms with Crippen LogP contribution in [0.15, 0.2) is 0 Å². The van der Waals surface area contributed by atoms with Crippen molar-refractivity contribution in [2.75, 3.05) is 6.54 Å². The first-order valence-electron chi connectivity index (χ1n) is 6.02. The Hall–Kier alpha value is -1.26. The van der Waals surface area contributed by atoms with Crippen LogP contribution in [0.25, 0.3) is 0 Å². The second-order valence-corrected chi connectivity index (χ2v) is 5.92. The molecule has 0 aromatic carbocycles. The molecular formula is C12H19NO4. The predicted molar refractivity (Wildman–Crippen MR) is 60.6 cm³/mol. The minimum atomic E-state index is -0.918. The van der Waals surface area contributed by atoms with Gasteiger partial charge in [-0.3, -0.25) is 4.90 Å². The van der Waals surface area contributed by atoms with Gasteiger partial charge < -0.3 is 9.84 Å². The van der Waals surface area contributed by atoms with E-state index in [0.29, 0.717) is 12.5 Å². The molecule has 0 aromatic heterocycles. The van der Waals surface area contributed by atoms with Crippen molar-refractivity contribution in [3.63, 3.8) is 0 Å². The van der Waals surface area contributed by atoms with E-state index in [1.54, 1.807) is 20.8 Å². The lowest BCUT2D eigenvalue weighted by Crippen LogP contribution is -2.63. The van der Waals surface area contributed by atoms with Crippen LogP contribution in [0.2, 0.25) is 0 Å². The Labute approximate surface area is 101 Å². The van der Waals surface area contributed by atoms with Crippen LogP contribution in [-0.2, 0) is 9.53 Å². The number of nitrogens with zero attached hydrogens (tertiary/aromatic N) is 1. The molecule has 1 heterocycles. The van der Waals surface area contributed by atoms with Gasteiger partial charge in [0, 0.05) is 12.5 Å². The Balaban J connectivity index is 1.97. The van der Waals surface area contributed by atoms with E-state index in [0.717, 1.165) is 12.8 Å². The Bertz CT molecular complexity index is 343. The van der Waals surface area contributed by atoms with Gasteiger partial charge in [0.25, 0.3) is 0 Å². The smallest absolute Gasteiger partial charge is 0.411 e. The van der Waals surface area contributed by atoms with Crippen molar-refractivity contribution in [1.82, 2.24) is 4.90 Å². The molecule has 1 N–H and O–H groups in total. The zero-order chi connectivity index (χ0) is 12.8. The molecule has 96 valence electrons. The Morgan fingerprint density at radius 1 is 1.29 bits per heavy atom. The largest absolute Gasteiger partial charge is 0.480 e. The second kappa shape index (κ2) is 3.89. The number of rotatable bonds is 2. The molecule has 5 heteroatoms. The number of likely N-dealkylation sites (tertiary alicyclic amines) is 1. The van der Waals surface area contributed by atoms with Crippen molar-refractivity contribution in [2.24, 2.45) is 11.8 Å². The van der Waals surface area contributed by atoms with Crippen molar-refractivity contribution in [1.29, 1.82) is 0 Å². The summed E-state index contributed by atoms with van der Waals surface area (Å²) in [5, 5.41) is 9.15. The third-order valence-electron chi connectivity index (χ3n) is 3.26. The third-order valence-corrected chi connectivity index (χ3v) is 3.26. The fourth-order valence-corrected chi connectivity index (χ4v) is 2.29. The molecule has 0 bridgehead atoms. The highest BCUT2D eigenvalue weighted by molar-refractivity contribution is 5.82. The fraction of sp³-hybridized carbons (Fsp3) is 0.833. The number of carbonyl (C=O) groups is 2. The average Bonchev–Trinajstić information content (AvgIpc) is 2.80. The van der Waals surface area contributed by atoms with E-state index in [2.05, 4.69) is 0 Å². The number of amides is 1. The number of ether oxygens (including phenoxy) is 1. The number of carboxylic acid groups (broad SMARTS) is 1. The third kappa shape index (κ3) is 2.53. The molecule has 0 radical (unpaired) electrons. The van der Waals surface area contributed by atoms with Crippen molar-refractivity contribution in [3.8, 4) is 0 Å². The lowest BCUT2D eigenvalue weighted by molar-refractivity contribution is -0.153. The van der Waals surface area contributed by atoms with E-state index in [1.165, 1.54) is 4.90 Å². The summed E-state index contributed by atoms with van der Waals surface area (Å²) in [6, 6.07) is -0.683. The van der Waals surface area contributed by atoms with E-state index in [-0.39, 0.29) is 5.92 Å². The fourth-order valence-electron chi connectivity index (χ4n) is 2.29. The number of aliphatic carboxylic acids is 1.